The first-order valence-corrected chi connectivity index (χ1v) is 5.91. The first-order valence-electron chi connectivity index (χ1n) is 5.91. The van der Waals surface area contributed by atoms with Gasteiger partial charge in [0.1, 0.15) is 12.4 Å². The molecule has 0 radical (unpaired) electrons. The van der Waals surface area contributed by atoms with Crippen LogP contribution in [0.25, 0.3) is 0 Å². The molecule has 1 aliphatic carbocycles. The number of hydrogen-bond acceptors (Lipinski definition) is 3. The Morgan fingerprint density at radius 3 is 2.47 bits per heavy atom. The van der Waals surface area contributed by atoms with Crippen LogP contribution in [-0.4, -0.2) is 35.3 Å². The molecule has 6 heteroatoms. The van der Waals surface area contributed by atoms with Crippen molar-refractivity contribution in [1.29, 1.82) is 0 Å². The van der Waals surface area contributed by atoms with E-state index in [-0.39, 0.29) is 0 Å². The SMILES string of the molecule is O=C(O)C(CF)NC(=O)C1(Oc2ccccc2)CC1. The highest BCUT2D eigenvalue weighted by Gasteiger charge is 2.53. The molecular formula is C13H14FNO4. The number of carboxylic acids is 1. The minimum Gasteiger partial charge on any atom is -0.480 e. The van der Waals surface area contributed by atoms with E-state index < -0.39 is 30.2 Å². The lowest BCUT2D eigenvalue weighted by Crippen LogP contribution is -2.49. The second kappa shape index (κ2) is 5.26. The van der Waals surface area contributed by atoms with E-state index in [1.807, 2.05) is 6.07 Å². The van der Waals surface area contributed by atoms with Crippen molar-refractivity contribution in [3.63, 3.8) is 0 Å². The topological polar surface area (TPSA) is 75.6 Å². The van der Waals surface area contributed by atoms with E-state index >= 15 is 0 Å². The summed E-state index contributed by atoms with van der Waals surface area (Å²) in [6.45, 7) is -1.15. The summed E-state index contributed by atoms with van der Waals surface area (Å²) in [6, 6.07) is 7.24. The third-order valence-electron chi connectivity index (χ3n) is 2.93. The molecule has 1 fully saturated rings. The number of alkyl halides is 1. The van der Waals surface area contributed by atoms with Gasteiger partial charge >= 0.3 is 5.97 Å². The van der Waals surface area contributed by atoms with Gasteiger partial charge in [-0.2, -0.15) is 0 Å². The third kappa shape index (κ3) is 3.01. The molecular weight excluding hydrogens is 253 g/mol. The van der Waals surface area contributed by atoms with Crippen LogP contribution in [0.1, 0.15) is 12.8 Å². The molecule has 2 N–H and O–H groups in total. The van der Waals surface area contributed by atoms with Crippen molar-refractivity contribution in [2.45, 2.75) is 24.5 Å². The number of benzene rings is 1. The van der Waals surface area contributed by atoms with Crippen LogP contribution in [0, 0.1) is 0 Å². The summed E-state index contributed by atoms with van der Waals surface area (Å²) in [5.74, 6) is -1.45. The molecule has 1 aromatic rings. The largest absolute Gasteiger partial charge is 0.480 e. The molecule has 1 aromatic carbocycles. The van der Waals surface area contributed by atoms with Gasteiger partial charge in [0.2, 0.25) is 0 Å². The summed E-state index contributed by atoms with van der Waals surface area (Å²) in [4.78, 5) is 22.6. The second-order valence-electron chi connectivity index (χ2n) is 4.43. The predicted octanol–water partition coefficient (Wildman–Crippen LogP) is 1.14. The number of ether oxygens (including phenoxy) is 1. The van der Waals surface area contributed by atoms with Crippen molar-refractivity contribution in [1.82, 2.24) is 5.32 Å². The smallest absolute Gasteiger partial charge is 0.328 e. The molecule has 5 nitrogen and oxygen atoms in total. The van der Waals surface area contributed by atoms with Crippen LogP contribution in [0.3, 0.4) is 0 Å². The average molecular weight is 267 g/mol. The highest BCUT2D eigenvalue weighted by atomic mass is 19.1. The Bertz CT molecular complexity index is 473. The Kier molecular flexibility index (Phi) is 3.69. The number of para-hydroxylation sites is 1. The van der Waals surface area contributed by atoms with Gasteiger partial charge in [0.15, 0.2) is 11.6 Å². The highest BCUT2D eigenvalue weighted by Crippen LogP contribution is 2.40. The Morgan fingerprint density at radius 2 is 2.00 bits per heavy atom. The summed E-state index contributed by atoms with van der Waals surface area (Å²) in [5, 5.41) is 10.9. The summed E-state index contributed by atoms with van der Waals surface area (Å²) in [7, 11) is 0. The standard InChI is InChI=1S/C13H14FNO4/c14-8-10(11(16)17)15-12(18)13(6-7-13)19-9-4-2-1-3-5-9/h1-5,10H,6-8H2,(H,15,18)(H,16,17). The van der Waals surface area contributed by atoms with Crippen molar-refractivity contribution in [2.24, 2.45) is 0 Å². The van der Waals surface area contributed by atoms with Gasteiger partial charge in [-0.05, 0) is 12.1 Å². The van der Waals surface area contributed by atoms with E-state index in [4.69, 9.17) is 9.84 Å². The van der Waals surface area contributed by atoms with Crippen LogP contribution in [0.4, 0.5) is 4.39 Å². The molecule has 0 spiro atoms. The van der Waals surface area contributed by atoms with E-state index in [0.29, 0.717) is 18.6 Å². The molecule has 0 bridgehead atoms. The van der Waals surface area contributed by atoms with Crippen molar-refractivity contribution in [2.75, 3.05) is 6.67 Å². The number of rotatable bonds is 6. The third-order valence-corrected chi connectivity index (χ3v) is 2.93. The first-order chi connectivity index (χ1) is 9.07. The maximum atomic E-state index is 12.5. The number of nitrogens with one attached hydrogen (secondary N) is 1. The number of amides is 1. The van der Waals surface area contributed by atoms with Crippen molar-refractivity contribution >= 4 is 11.9 Å². The minimum atomic E-state index is -1.52. The van der Waals surface area contributed by atoms with Crippen molar-refractivity contribution < 1.29 is 23.8 Å². The average Bonchev–Trinajstić information content (AvgIpc) is 3.17. The molecule has 0 heterocycles. The Balaban J connectivity index is 2.00. The molecule has 102 valence electrons. The molecule has 1 unspecified atom stereocenters. The molecule has 1 amide bonds. The van der Waals surface area contributed by atoms with Crippen molar-refractivity contribution in [3.8, 4) is 5.75 Å². The van der Waals surface area contributed by atoms with Gasteiger partial charge in [-0.25, -0.2) is 9.18 Å². The zero-order valence-electron chi connectivity index (χ0n) is 10.1. The minimum absolute atomic E-state index is 0.492. The number of aliphatic carboxylic acids is 1. The Labute approximate surface area is 109 Å². The molecule has 1 atom stereocenters. The van der Waals surface area contributed by atoms with Crippen LogP contribution in [-0.2, 0) is 9.59 Å². The monoisotopic (exact) mass is 267 g/mol. The highest BCUT2D eigenvalue weighted by molar-refractivity contribution is 5.91. The number of halogens is 1. The molecule has 2 rings (SSSR count). The van der Waals surface area contributed by atoms with Gasteiger partial charge in [0.25, 0.3) is 5.91 Å². The molecule has 1 saturated carbocycles. The number of carboxylic acid groups (broad SMARTS) is 1. The van der Waals surface area contributed by atoms with Crippen LogP contribution < -0.4 is 10.1 Å². The molecule has 19 heavy (non-hydrogen) atoms. The maximum Gasteiger partial charge on any atom is 0.328 e. The number of carbonyl (C=O) groups is 2. The van der Waals surface area contributed by atoms with E-state index in [2.05, 4.69) is 5.32 Å². The van der Waals surface area contributed by atoms with Gasteiger partial charge in [0.05, 0.1) is 0 Å². The fraction of sp³-hybridized carbons (Fsp3) is 0.385. The molecule has 0 aliphatic heterocycles. The summed E-state index contributed by atoms with van der Waals surface area (Å²) < 4.78 is 18.0. The maximum absolute atomic E-state index is 12.5. The summed E-state index contributed by atoms with van der Waals surface area (Å²) in [6.07, 6.45) is 0.985. The Morgan fingerprint density at radius 1 is 1.37 bits per heavy atom. The lowest BCUT2D eigenvalue weighted by Gasteiger charge is -2.19. The van der Waals surface area contributed by atoms with Crippen LogP contribution in [0.15, 0.2) is 30.3 Å². The van der Waals surface area contributed by atoms with Gasteiger partial charge in [-0.3, -0.25) is 4.79 Å². The van der Waals surface area contributed by atoms with E-state index in [0.717, 1.165) is 0 Å². The number of hydrogen-bond donors (Lipinski definition) is 2. The quantitative estimate of drug-likeness (QED) is 0.810. The number of carbonyl (C=O) groups excluding carboxylic acids is 1. The van der Waals surface area contributed by atoms with Crippen LogP contribution >= 0.6 is 0 Å². The predicted molar refractivity (Wildman–Crippen MR) is 64.6 cm³/mol. The second-order valence-corrected chi connectivity index (χ2v) is 4.43. The summed E-state index contributed by atoms with van der Waals surface area (Å²) in [5.41, 5.74) is -1.05. The summed E-state index contributed by atoms with van der Waals surface area (Å²) >= 11 is 0. The van der Waals surface area contributed by atoms with Gasteiger partial charge in [0, 0.05) is 12.8 Å². The van der Waals surface area contributed by atoms with Crippen LogP contribution in [0.5, 0.6) is 5.75 Å². The molecule has 1 aliphatic rings. The lowest BCUT2D eigenvalue weighted by molar-refractivity contribution is -0.144. The molecule has 0 aromatic heterocycles. The fourth-order valence-electron chi connectivity index (χ4n) is 1.66. The van der Waals surface area contributed by atoms with Gasteiger partial charge in [-0.15, -0.1) is 0 Å². The fourth-order valence-corrected chi connectivity index (χ4v) is 1.66. The Hall–Kier alpha value is -2.11. The van der Waals surface area contributed by atoms with Crippen LogP contribution in [0.2, 0.25) is 0 Å². The first kappa shape index (κ1) is 13.3. The lowest BCUT2D eigenvalue weighted by atomic mass is 10.2. The van der Waals surface area contributed by atoms with E-state index in [9.17, 15) is 14.0 Å². The normalized spacial score (nSPS) is 17.3. The van der Waals surface area contributed by atoms with E-state index in [1.54, 1.807) is 24.3 Å². The van der Waals surface area contributed by atoms with E-state index in [1.165, 1.54) is 0 Å². The zero-order chi connectivity index (χ0) is 13.9. The zero-order valence-corrected chi connectivity index (χ0v) is 10.1. The van der Waals surface area contributed by atoms with Gasteiger partial charge in [-0.1, -0.05) is 18.2 Å². The molecule has 0 saturated heterocycles. The van der Waals surface area contributed by atoms with Gasteiger partial charge < -0.3 is 15.2 Å². The van der Waals surface area contributed by atoms with Crippen molar-refractivity contribution in [3.05, 3.63) is 30.3 Å².